The van der Waals surface area contributed by atoms with E-state index < -0.39 is 6.10 Å². The Labute approximate surface area is 126 Å². The highest BCUT2D eigenvalue weighted by molar-refractivity contribution is 5.90. The van der Waals surface area contributed by atoms with Crippen LogP contribution in [-0.2, 0) is 9.53 Å². The number of methoxy groups -OCH3 is 1. The highest BCUT2D eigenvalue weighted by Gasteiger charge is 2.61. The molecule has 0 aromatic carbocycles. The van der Waals surface area contributed by atoms with Crippen LogP contribution < -0.4 is 0 Å². The van der Waals surface area contributed by atoms with Gasteiger partial charge in [0.1, 0.15) is 0 Å². The van der Waals surface area contributed by atoms with Gasteiger partial charge in [0.25, 0.3) is 0 Å². The summed E-state index contributed by atoms with van der Waals surface area (Å²) in [5.74, 6) is 1.44. The van der Waals surface area contributed by atoms with Crippen molar-refractivity contribution in [3.05, 3.63) is 11.1 Å². The average Bonchev–Trinajstić information content (AvgIpc) is 2.49. The van der Waals surface area contributed by atoms with Crippen molar-refractivity contribution >= 4 is 5.97 Å². The van der Waals surface area contributed by atoms with Crippen molar-refractivity contribution in [2.45, 2.75) is 50.7 Å². The van der Waals surface area contributed by atoms with Gasteiger partial charge in [-0.15, -0.1) is 0 Å². The molecule has 1 saturated carbocycles. The molecule has 4 heteroatoms. The van der Waals surface area contributed by atoms with Crippen molar-refractivity contribution in [1.82, 2.24) is 4.90 Å². The Morgan fingerprint density at radius 1 is 1.43 bits per heavy atom. The first-order valence-electron chi connectivity index (χ1n) is 8.32. The lowest BCUT2D eigenvalue weighted by atomic mass is 9.51. The van der Waals surface area contributed by atoms with Crippen LogP contribution in [0.3, 0.4) is 0 Å². The third-order valence-electron chi connectivity index (χ3n) is 6.68. The van der Waals surface area contributed by atoms with Gasteiger partial charge in [-0.05, 0) is 49.6 Å². The molecule has 2 bridgehead atoms. The number of rotatable bonds is 1. The zero-order valence-electron chi connectivity index (χ0n) is 13.0. The van der Waals surface area contributed by atoms with E-state index in [-0.39, 0.29) is 11.5 Å². The summed E-state index contributed by atoms with van der Waals surface area (Å²) in [6, 6.07) is 0. The number of aliphatic hydroxyl groups is 1. The zero-order chi connectivity index (χ0) is 14.8. The Bertz CT molecular complexity index is 514. The second-order valence-corrected chi connectivity index (χ2v) is 7.48. The van der Waals surface area contributed by atoms with Gasteiger partial charge in [-0.25, -0.2) is 4.79 Å². The van der Waals surface area contributed by atoms with Crippen LogP contribution in [0.25, 0.3) is 0 Å². The zero-order valence-corrected chi connectivity index (χ0v) is 13.0. The molecule has 0 radical (unpaired) electrons. The van der Waals surface area contributed by atoms with Crippen LogP contribution in [0.15, 0.2) is 11.1 Å². The predicted octanol–water partition coefficient (Wildman–Crippen LogP) is 1.73. The van der Waals surface area contributed by atoms with E-state index in [2.05, 4.69) is 11.8 Å². The molecule has 3 aliphatic heterocycles. The lowest BCUT2D eigenvalue weighted by Crippen LogP contribution is -2.70. The molecular formula is C17H25NO3. The van der Waals surface area contributed by atoms with Crippen molar-refractivity contribution in [1.29, 1.82) is 0 Å². The average molecular weight is 291 g/mol. The van der Waals surface area contributed by atoms with E-state index in [0.29, 0.717) is 24.2 Å². The third-order valence-corrected chi connectivity index (χ3v) is 6.68. The van der Waals surface area contributed by atoms with Crippen LogP contribution in [0.1, 0.15) is 39.0 Å². The maximum absolute atomic E-state index is 12.2. The van der Waals surface area contributed by atoms with E-state index in [1.54, 1.807) is 0 Å². The molecule has 116 valence electrons. The molecule has 4 nitrogen and oxygen atoms in total. The van der Waals surface area contributed by atoms with E-state index in [9.17, 15) is 9.90 Å². The van der Waals surface area contributed by atoms with Crippen molar-refractivity contribution in [2.24, 2.45) is 17.8 Å². The van der Waals surface area contributed by atoms with Crippen LogP contribution >= 0.6 is 0 Å². The first-order chi connectivity index (χ1) is 10.1. The quantitative estimate of drug-likeness (QED) is 0.748. The first kappa shape index (κ1) is 13.8. The van der Waals surface area contributed by atoms with Gasteiger partial charge in [0, 0.05) is 30.0 Å². The summed E-state index contributed by atoms with van der Waals surface area (Å²) >= 11 is 0. The van der Waals surface area contributed by atoms with Crippen molar-refractivity contribution in [3.63, 3.8) is 0 Å². The number of fused-ring (bicyclic) bond motifs is 1. The minimum absolute atomic E-state index is 0.0480. The van der Waals surface area contributed by atoms with Crippen LogP contribution in [0.5, 0.6) is 0 Å². The Kier molecular flexibility index (Phi) is 2.99. The Balaban J connectivity index is 1.89. The van der Waals surface area contributed by atoms with Gasteiger partial charge in [0.15, 0.2) is 0 Å². The predicted molar refractivity (Wildman–Crippen MR) is 78.6 cm³/mol. The SMILES string of the molecule is COC(=O)C1=C2C[C@@H]3CN4CCC[C@H]([C@H](O)C1)[C@]24C[C@@H]3C. The Morgan fingerprint density at radius 2 is 2.24 bits per heavy atom. The molecule has 5 atom stereocenters. The number of carbonyl (C=O) groups is 1. The fourth-order valence-corrected chi connectivity index (χ4v) is 5.77. The number of carbonyl (C=O) groups excluding carboxylic acids is 1. The van der Waals surface area contributed by atoms with Gasteiger partial charge in [0.2, 0.25) is 0 Å². The lowest BCUT2D eigenvalue weighted by Gasteiger charge is -2.66. The molecule has 3 heterocycles. The number of ether oxygens (including phenoxy) is 1. The second-order valence-electron chi connectivity index (χ2n) is 7.48. The maximum atomic E-state index is 12.2. The monoisotopic (exact) mass is 291 g/mol. The van der Waals surface area contributed by atoms with Crippen LogP contribution in [0.2, 0.25) is 0 Å². The molecule has 1 N–H and O–H groups in total. The van der Waals surface area contributed by atoms with Crippen molar-refractivity contribution in [3.8, 4) is 0 Å². The Morgan fingerprint density at radius 3 is 3.00 bits per heavy atom. The first-order valence-corrected chi connectivity index (χ1v) is 8.32. The van der Waals surface area contributed by atoms with Crippen molar-refractivity contribution in [2.75, 3.05) is 20.2 Å². The largest absolute Gasteiger partial charge is 0.466 e. The molecule has 21 heavy (non-hydrogen) atoms. The summed E-state index contributed by atoms with van der Waals surface area (Å²) in [6.07, 6.45) is 4.50. The van der Waals surface area contributed by atoms with E-state index in [0.717, 1.165) is 37.9 Å². The fraction of sp³-hybridized carbons (Fsp3) is 0.824. The Hall–Kier alpha value is -0.870. The van der Waals surface area contributed by atoms with Gasteiger partial charge < -0.3 is 9.84 Å². The minimum Gasteiger partial charge on any atom is -0.466 e. The lowest BCUT2D eigenvalue weighted by molar-refractivity contribution is -0.142. The molecule has 2 aliphatic carbocycles. The standard InChI is InChI=1S/C17H25NO3/c1-10-8-17-13-4-3-5-18(17)9-11(10)6-14(17)12(7-15(13)19)16(20)21-2/h10-11,13,15,19H,3-9H2,1-2H3/t10-,11+,13+,15+,17+/m0/s1. The highest BCUT2D eigenvalue weighted by atomic mass is 16.5. The molecule has 3 saturated heterocycles. The number of esters is 1. The summed E-state index contributed by atoms with van der Waals surface area (Å²) in [5, 5.41) is 10.7. The summed E-state index contributed by atoms with van der Waals surface area (Å²) in [4.78, 5) is 14.8. The van der Waals surface area contributed by atoms with Crippen LogP contribution in [-0.4, -0.2) is 47.8 Å². The number of hydrogen-bond donors (Lipinski definition) is 1. The highest BCUT2D eigenvalue weighted by Crippen LogP contribution is 2.59. The fourth-order valence-electron chi connectivity index (χ4n) is 5.77. The molecule has 0 amide bonds. The van der Waals surface area contributed by atoms with Crippen LogP contribution in [0, 0.1) is 17.8 Å². The molecule has 4 fully saturated rings. The molecular weight excluding hydrogens is 266 g/mol. The van der Waals surface area contributed by atoms with E-state index in [1.165, 1.54) is 19.1 Å². The van der Waals surface area contributed by atoms with E-state index >= 15 is 0 Å². The number of nitrogens with zero attached hydrogens (tertiary/aromatic N) is 1. The number of hydrogen-bond acceptors (Lipinski definition) is 4. The molecule has 0 aromatic heterocycles. The van der Waals surface area contributed by atoms with Gasteiger partial charge >= 0.3 is 5.97 Å². The topological polar surface area (TPSA) is 49.8 Å². The summed E-state index contributed by atoms with van der Waals surface area (Å²) in [6.45, 7) is 4.60. The van der Waals surface area contributed by atoms with Gasteiger partial charge in [-0.2, -0.15) is 0 Å². The van der Waals surface area contributed by atoms with Gasteiger partial charge in [0.05, 0.1) is 13.2 Å². The number of aliphatic hydroxyl groups excluding tert-OH is 1. The summed E-state index contributed by atoms with van der Waals surface area (Å²) < 4.78 is 5.01. The van der Waals surface area contributed by atoms with Gasteiger partial charge in [-0.3, -0.25) is 4.90 Å². The normalized spacial score (nSPS) is 45.5. The van der Waals surface area contributed by atoms with Gasteiger partial charge in [-0.1, -0.05) is 6.92 Å². The van der Waals surface area contributed by atoms with Crippen molar-refractivity contribution < 1.29 is 14.6 Å². The summed E-state index contributed by atoms with van der Waals surface area (Å²) in [7, 11) is 1.45. The molecule has 5 aliphatic rings. The maximum Gasteiger partial charge on any atom is 0.333 e. The molecule has 0 aromatic rings. The van der Waals surface area contributed by atoms with E-state index in [1.807, 2.05) is 0 Å². The molecule has 0 unspecified atom stereocenters. The van der Waals surface area contributed by atoms with E-state index in [4.69, 9.17) is 4.74 Å². The minimum atomic E-state index is -0.396. The smallest absolute Gasteiger partial charge is 0.333 e. The second kappa shape index (κ2) is 4.56. The molecule has 1 spiro atoms. The summed E-state index contributed by atoms with van der Waals surface area (Å²) in [5.41, 5.74) is 2.05. The third kappa shape index (κ3) is 1.66. The molecule has 5 rings (SSSR count). The number of piperidine rings is 3. The van der Waals surface area contributed by atoms with Crippen LogP contribution in [0.4, 0.5) is 0 Å².